The topological polar surface area (TPSA) is 91.3 Å². The first-order valence-electron chi connectivity index (χ1n) is 11.7. The lowest BCUT2D eigenvalue weighted by Gasteiger charge is -2.38. The second kappa shape index (κ2) is 8.95. The fourth-order valence-corrected chi connectivity index (χ4v) is 5.07. The number of aromatic nitrogens is 3. The van der Waals surface area contributed by atoms with E-state index in [0.29, 0.717) is 17.9 Å². The van der Waals surface area contributed by atoms with Crippen LogP contribution in [0, 0.1) is 5.41 Å². The molecule has 1 saturated heterocycles. The van der Waals surface area contributed by atoms with Crippen molar-refractivity contribution in [2.75, 3.05) is 18.0 Å². The number of nitrogens with zero attached hydrogens (tertiary/aromatic N) is 3. The van der Waals surface area contributed by atoms with E-state index in [0.717, 1.165) is 67.0 Å². The molecular formula is C25H29ClN4O3. The van der Waals surface area contributed by atoms with Crippen molar-refractivity contribution in [3.05, 3.63) is 41.6 Å². The molecule has 5 rings (SSSR count). The van der Waals surface area contributed by atoms with Gasteiger partial charge in [-0.25, -0.2) is 9.97 Å². The SMILES string of the molecule is C[C@]1(C(=O)O)CC[C@@H](OC2CCN(c3ccc(-c4nc5cc(Cl)ccc5[nH]4)cn3)CC2)CC1. The van der Waals surface area contributed by atoms with Gasteiger partial charge in [0.25, 0.3) is 0 Å². The molecule has 2 aromatic heterocycles. The van der Waals surface area contributed by atoms with Crippen molar-refractivity contribution in [1.29, 1.82) is 0 Å². The van der Waals surface area contributed by atoms with Crippen molar-refractivity contribution in [3.63, 3.8) is 0 Å². The van der Waals surface area contributed by atoms with Gasteiger partial charge in [0, 0.05) is 29.9 Å². The number of aromatic amines is 1. The predicted molar refractivity (Wildman–Crippen MR) is 129 cm³/mol. The first kappa shape index (κ1) is 22.2. The van der Waals surface area contributed by atoms with Crippen LogP contribution >= 0.6 is 11.6 Å². The Kier molecular flexibility index (Phi) is 6.01. The van der Waals surface area contributed by atoms with Crippen molar-refractivity contribution < 1.29 is 14.6 Å². The Morgan fingerprint density at radius 2 is 1.88 bits per heavy atom. The van der Waals surface area contributed by atoms with Crippen molar-refractivity contribution in [2.24, 2.45) is 5.41 Å². The van der Waals surface area contributed by atoms with E-state index in [4.69, 9.17) is 16.3 Å². The number of halogens is 1. The number of H-pyrrole nitrogens is 1. The highest BCUT2D eigenvalue weighted by Crippen LogP contribution is 2.38. The fourth-order valence-electron chi connectivity index (χ4n) is 4.90. The molecule has 174 valence electrons. The lowest BCUT2D eigenvalue weighted by atomic mass is 9.75. The zero-order valence-electron chi connectivity index (χ0n) is 18.8. The number of carbonyl (C=O) groups is 1. The predicted octanol–water partition coefficient (Wildman–Crippen LogP) is 5.30. The minimum Gasteiger partial charge on any atom is -0.481 e. The zero-order valence-corrected chi connectivity index (χ0v) is 19.5. The number of fused-ring (bicyclic) bond motifs is 1. The normalized spacial score (nSPS) is 24.3. The average molecular weight is 469 g/mol. The lowest BCUT2D eigenvalue weighted by molar-refractivity contribution is -0.152. The highest BCUT2D eigenvalue weighted by molar-refractivity contribution is 6.31. The summed E-state index contributed by atoms with van der Waals surface area (Å²) in [5.74, 6) is 1.06. The van der Waals surface area contributed by atoms with Crippen molar-refractivity contribution >= 4 is 34.4 Å². The van der Waals surface area contributed by atoms with Crippen LogP contribution in [0.15, 0.2) is 36.5 Å². The number of piperidine rings is 1. The summed E-state index contributed by atoms with van der Waals surface area (Å²) in [5.41, 5.74) is 2.14. The molecule has 0 bridgehead atoms. The third kappa shape index (κ3) is 4.70. The molecule has 1 aliphatic heterocycles. The molecule has 0 atom stereocenters. The second-order valence-corrected chi connectivity index (χ2v) is 9.98. The zero-order chi connectivity index (χ0) is 23.0. The van der Waals surface area contributed by atoms with Gasteiger partial charge in [0.15, 0.2) is 0 Å². The largest absolute Gasteiger partial charge is 0.481 e. The highest BCUT2D eigenvalue weighted by Gasteiger charge is 2.38. The number of carboxylic acid groups (broad SMARTS) is 1. The number of nitrogens with one attached hydrogen (secondary N) is 1. The Morgan fingerprint density at radius 1 is 1.15 bits per heavy atom. The molecule has 2 fully saturated rings. The van der Waals surface area contributed by atoms with Crippen LogP contribution < -0.4 is 4.90 Å². The van der Waals surface area contributed by atoms with E-state index in [1.165, 1.54) is 0 Å². The van der Waals surface area contributed by atoms with Gasteiger partial charge in [0.1, 0.15) is 11.6 Å². The summed E-state index contributed by atoms with van der Waals surface area (Å²) in [6.07, 6.45) is 7.26. The summed E-state index contributed by atoms with van der Waals surface area (Å²) in [6.45, 7) is 3.66. The van der Waals surface area contributed by atoms with E-state index in [9.17, 15) is 9.90 Å². The Hall–Kier alpha value is -2.64. The van der Waals surface area contributed by atoms with Gasteiger partial charge in [0.05, 0.1) is 28.7 Å². The molecule has 1 aromatic carbocycles. The number of benzene rings is 1. The number of rotatable bonds is 5. The van der Waals surface area contributed by atoms with Gasteiger partial charge in [-0.2, -0.15) is 0 Å². The molecule has 0 amide bonds. The van der Waals surface area contributed by atoms with E-state index in [2.05, 4.69) is 19.9 Å². The van der Waals surface area contributed by atoms with Crippen molar-refractivity contribution in [1.82, 2.24) is 15.0 Å². The molecule has 1 saturated carbocycles. The van der Waals surface area contributed by atoms with E-state index < -0.39 is 11.4 Å². The van der Waals surface area contributed by atoms with Gasteiger partial charge in [-0.3, -0.25) is 4.79 Å². The van der Waals surface area contributed by atoms with Gasteiger partial charge in [-0.15, -0.1) is 0 Å². The van der Waals surface area contributed by atoms with E-state index >= 15 is 0 Å². The molecule has 3 aromatic rings. The molecular weight excluding hydrogens is 440 g/mol. The molecule has 33 heavy (non-hydrogen) atoms. The fraction of sp³-hybridized carbons (Fsp3) is 0.480. The van der Waals surface area contributed by atoms with Crippen LogP contribution in [0.3, 0.4) is 0 Å². The monoisotopic (exact) mass is 468 g/mol. The first-order valence-corrected chi connectivity index (χ1v) is 12.0. The lowest BCUT2D eigenvalue weighted by Crippen LogP contribution is -2.41. The number of ether oxygens (including phenoxy) is 1. The van der Waals surface area contributed by atoms with E-state index in [1.807, 2.05) is 43.5 Å². The minimum absolute atomic E-state index is 0.185. The maximum atomic E-state index is 11.4. The number of anilines is 1. The Labute approximate surface area is 198 Å². The number of imidazole rings is 1. The van der Waals surface area contributed by atoms with Crippen LogP contribution in [0.4, 0.5) is 5.82 Å². The Balaban J connectivity index is 1.15. The molecule has 2 aliphatic rings. The maximum Gasteiger partial charge on any atom is 0.309 e. The van der Waals surface area contributed by atoms with Gasteiger partial charge in [-0.05, 0) is 75.8 Å². The molecule has 1 aliphatic carbocycles. The Bertz CT molecular complexity index is 1130. The number of hydrogen-bond donors (Lipinski definition) is 2. The van der Waals surface area contributed by atoms with Crippen LogP contribution in [-0.4, -0.2) is 51.3 Å². The average Bonchev–Trinajstić information content (AvgIpc) is 3.24. The van der Waals surface area contributed by atoms with Gasteiger partial charge < -0.3 is 19.7 Å². The molecule has 0 radical (unpaired) electrons. The molecule has 3 heterocycles. The molecule has 0 spiro atoms. The number of aliphatic carboxylic acids is 1. The quantitative estimate of drug-likeness (QED) is 0.528. The number of carboxylic acids is 1. The molecule has 0 unspecified atom stereocenters. The third-order valence-corrected chi connectivity index (χ3v) is 7.40. The third-order valence-electron chi connectivity index (χ3n) is 7.17. The standard InChI is InChI=1S/C25H29ClN4O3/c1-25(24(31)32)10-6-18(7-11-25)33-19-8-12-30(13-9-19)22-5-2-16(15-27-22)23-28-20-4-3-17(26)14-21(20)29-23/h2-5,14-15,18-19H,6-13H2,1H3,(H,28,29)(H,31,32)/t18-,25+. The van der Waals surface area contributed by atoms with Crippen LogP contribution in [0.1, 0.15) is 45.4 Å². The van der Waals surface area contributed by atoms with Gasteiger partial charge in [-0.1, -0.05) is 11.6 Å². The number of hydrogen-bond acceptors (Lipinski definition) is 5. The van der Waals surface area contributed by atoms with E-state index in [-0.39, 0.29) is 12.2 Å². The van der Waals surface area contributed by atoms with Crippen LogP contribution in [-0.2, 0) is 9.53 Å². The molecule has 7 nitrogen and oxygen atoms in total. The van der Waals surface area contributed by atoms with Crippen molar-refractivity contribution in [2.45, 2.75) is 57.7 Å². The van der Waals surface area contributed by atoms with E-state index in [1.54, 1.807) is 0 Å². The summed E-state index contributed by atoms with van der Waals surface area (Å²) in [4.78, 5) is 26.4. The molecule has 2 N–H and O–H groups in total. The Morgan fingerprint density at radius 3 is 2.55 bits per heavy atom. The molecule has 8 heteroatoms. The summed E-state index contributed by atoms with van der Waals surface area (Å²) >= 11 is 6.07. The summed E-state index contributed by atoms with van der Waals surface area (Å²) < 4.78 is 6.34. The first-order chi connectivity index (χ1) is 15.9. The minimum atomic E-state index is -0.683. The van der Waals surface area contributed by atoms with Crippen LogP contribution in [0.25, 0.3) is 22.4 Å². The van der Waals surface area contributed by atoms with Gasteiger partial charge >= 0.3 is 5.97 Å². The van der Waals surface area contributed by atoms with Gasteiger partial charge in [0.2, 0.25) is 0 Å². The number of pyridine rings is 1. The summed E-state index contributed by atoms with van der Waals surface area (Å²) in [5, 5.41) is 10.1. The second-order valence-electron chi connectivity index (χ2n) is 9.54. The maximum absolute atomic E-state index is 11.4. The highest BCUT2D eigenvalue weighted by atomic mass is 35.5. The van der Waals surface area contributed by atoms with Crippen LogP contribution in [0.5, 0.6) is 0 Å². The van der Waals surface area contributed by atoms with Crippen molar-refractivity contribution in [3.8, 4) is 11.4 Å². The van der Waals surface area contributed by atoms with Crippen LogP contribution in [0.2, 0.25) is 5.02 Å². The smallest absolute Gasteiger partial charge is 0.309 e. The summed E-state index contributed by atoms with van der Waals surface area (Å²) in [6, 6.07) is 9.72. The summed E-state index contributed by atoms with van der Waals surface area (Å²) in [7, 11) is 0.